The lowest BCUT2D eigenvalue weighted by Crippen LogP contribution is -2.38. The number of primary amides is 1. The van der Waals surface area contributed by atoms with Gasteiger partial charge in [-0.3, -0.25) is 4.79 Å². The molecule has 1 heterocycles. The van der Waals surface area contributed by atoms with Crippen molar-refractivity contribution >= 4 is 28.9 Å². The minimum absolute atomic E-state index is 0.165. The maximum Gasteiger partial charge on any atom is 0.248 e. The van der Waals surface area contributed by atoms with Gasteiger partial charge in [0.15, 0.2) is 0 Å². The number of rotatable bonds is 6. The van der Waals surface area contributed by atoms with Crippen molar-refractivity contribution in [2.75, 3.05) is 29.2 Å². The molecule has 2 unspecified atom stereocenters. The Morgan fingerprint density at radius 2 is 2.32 bits per heavy atom. The fourth-order valence-corrected chi connectivity index (χ4v) is 2.93. The summed E-state index contributed by atoms with van der Waals surface area (Å²) in [5.41, 5.74) is 7.68. The lowest BCUT2D eigenvalue weighted by atomic mass is 10.0. The molecule has 0 aromatic heterocycles. The maximum atomic E-state index is 11.4. The van der Waals surface area contributed by atoms with E-state index in [1.807, 2.05) is 6.07 Å². The molecule has 1 aliphatic rings. The molecule has 0 bridgehead atoms. The highest BCUT2D eigenvalue weighted by molar-refractivity contribution is 6.18. The molecule has 0 spiro atoms. The molecule has 0 saturated carbocycles. The van der Waals surface area contributed by atoms with Gasteiger partial charge in [-0.25, -0.2) is 0 Å². The molecule has 1 aromatic rings. The van der Waals surface area contributed by atoms with Gasteiger partial charge in [0.2, 0.25) is 5.91 Å². The lowest BCUT2D eigenvalue weighted by molar-refractivity contribution is 0.100. The summed E-state index contributed by atoms with van der Waals surface area (Å²) < 4.78 is 0. The first-order valence-electron chi connectivity index (χ1n) is 7.71. The summed E-state index contributed by atoms with van der Waals surface area (Å²) in [6, 6.07) is 5.88. The molecule has 1 amide bonds. The third-order valence-corrected chi connectivity index (χ3v) is 4.46. The van der Waals surface area contributed by atoms with Crippen LogP contribution < -0.4 is 16.0 Å². The summed E-state index contributed by atoms with van der Waals surface area (Å²) in [4.78, 5) is 13.7. The van der Waals surface area contributed by atoms with Crippen molar-refractivity contribution in [3.8, 4) is 0 Å². The number of hydrogen-bond donors (Lipinski definition) is 3. The van der Waals surface area contributed by atoms with E-state index < -0.39 is 12.0 Å². The van der Waals surface area contributed by atoms with Crippen LogP contribution in [0.2, 0.25) is 0 Å². The molecule has 5 nitrogen and oxygen atoms in total. The first-order valence-corrected chi connectivity index (χ1v) is 8.24. The number of anilines is 2. The first kappa shape index (κ1) is 16.9. The lowest BCUT2D eigenvalue weighted by Gasteiger charge is -2.37. The van der Waals surface area contributed by atoms with Gasteiger partial charge in [-0.1, -0.05) is 0 Å². The third kappa shape index (κ3) is 4.05. The number of amides is 1. The Bertz CT molecular complexity index is 524. The van der Waals surface area contributed by atoms with Gasteiger partial charge in [0.1, 0.15) is 0 Å². The van der Waals surface area contributed by atoms with Crippen molar-refractivity contribution in [1.82, 2.24) is 0 Å². The van der Waals surface area contributed by atoms with E-state index in [0.717, 1.165) is 30.8 Å². The molecule has 2 rings (SSSR count). The average Bonchev–Trinajstić information content (AvgIpc) is 2.52. The highest BCUT2D eigenvalue weighted by Gasteiger charge is 2.21. The van der Waals surface area contributed by atoms with Gasteiger partial charge >= 0.3 is 0 Å². The molecular weight excluding hydrogens is 302 g/mol. The first-order chi connectivity index (χ1) is 10.5. The topological polar surface area (TPSA) is 78.6 Å². The maximum absolute atomic E-state index is 11.4. The van der Waals surface area contributed by atoms with Crippen LogP contribution in [-0.2, 0) is 0 Å². The van der Waals surface area contributed by atoms with Crippen LogP contribution in [0.5, 0.6) is 0 Å². The van der Waals surface area contributed by atoms with Crippen LogP contribution in [0.3, 0.4) is 0 Å². The summed E-state index contributed by atoms with van der Waals surface area (Å²) in [7, 11) is 0. The zero-order valence-electron chi connectivity index (χ0n) is 12.9. The highest BCUT2D eigenvalue weighted by atomic mass is 35.5. The van der Waals surface area contributed by atoms with Crippen molar-refractivity contribution in [2.24, 2.45) is 5.73 Å². The van der Waals surface area contributed by atoms with Gasteiger partial charge < -0.3 is 21.1 Å². The second-order valence-electron chi connectivity index (χ2n) is 5.82. The molecule has 122 valence electrons. The zero-order chi connectivity index (χ0) is 16.1. The molecule has 1 fully saturated rings. The number of aliphatic hydroxyl groups excluding tert-OH is 1. The number of halogens is 1. The van der Waals surface area contributed by atoms with Crippen LogP contribution in [0.4, 0.5) is 11.4 Å². The number of aliphatic hydroxyl groups is 1. The summed E-state index contributed by atoms with van der Waals surface area (Å²) in [6.07, 6.45) is 2.92. The smallest absolute Gasteiger partial charge is 0.248 e. The molecule has 1 aromatic carbocycles. The van der Waals surface area contributed by atoms with Crippen LogP contribution in [0.15, 0.2) is 18.2 Å². The highest BCUT2D eigenvalue weighted by Crippen LogP contribution is 2.32. The number of nitrogens with one attached hydrogen (secondary N) is 1. The van der Waals surface area contributed by atoms with Crippen LogP contribution in [0, 0.1) is 0 Å². The number of nitrogens with zero attached hydrogens (tertiary/aromatic N) is 1. The number of nitrogens with two attached hydrogens (primary N) is 1. The Balaban J connectivity index is 2.28. The monoisotopic (exact) mass is 325 g/mol. The van der Waals surface area contributed by atoms with Gasteiger partial charge in [-0.05, 0) is 44.4 Å². The summed E-state index contributed by atoms with van der Waals surface area (Å²) in [6.45, 7) is 3.53. The minimum Gasteiger partial charge on any atom is -0.390 e. The average molecular weight is 326 g/mol. The number of carbonyl (C=O) groups excluding carboxylic acids is 1. The van der Waals surface area contributed by atoms with E-state index in [0.29, 0.717) is 18.2 Å². The Morgan fingerprint density at radius 1 is 1.55 bits per heavy atom. The minimum atomic E-state index is -0.634. The molecule has 6 heteroatoms. The molecule has 2 atom stereocenters. The molecule has 4 N–H and O–H groups in total. The zero-order valence-corrected chi connectivity index (χ0v) is 13.6. The van der Waals surface area contributed by atoms with Gasteiger partial charge in [0.05, 0.1) is 23.4 Å². The van der Waals surface area contributed by atoms with Crippen molar-refractivity contribution in [3.63, 3.8) is 0 Å². The Labute approximate surface area is 136 Å². The number of piperidine rings is 1. The van der Waals surface area contributed by atoms with Crippen molar-refractivity contribution in [2.45, 2.75) is 38.3 Å². The van der Waals surface area contributed by atoms with E-state index in [-0.39, 0.29) is 5.88 Å². The Hall–Kier alpha value is -1.46. The SMILES string of the molecule is CC1CCCCN1c1ccc(C(N)=O)cc1NCC(O)CCl. The Kier molecular flexibility index (Phi) is 5.91. The molecular formula is C16H24ClN3O2. The van der Waals surface area contributed by atoms with Crippen LogP contribution in [0.25, 0.3) is 0 Å². The number of hydrogen-bond acceptors (Lipinski definition) is 4. The van der Waals surface area contributed by atoms with Crippen LogP contribution >= 0.6 is 11.6 Å². The second kappa shape index (κ2) is 7.70. The largest absolute Gasteiger partial charge is 0.390 e. The van der Waals surface area contributed by atoms with Gasteiger partial charge in [-0.2, -0.15) is 0 Å². The molecule has 22 heavy (non-hydrogen) atoms. The van der Waals surface area contributed by atoms with E-state index in [1.54, 1.807) is 12.1 Å². The molecule has 1 aliphatic heterocycles. The Morgan fingerprint density at radius 3 is 2.95 bits per heavy atom. The number of alkyl halides is 1. The van der Waals surface area contributed by atoms with E-state index >= 15 is 0 Å². The summed E-state index contributed by atoms with van der Waals surface area (Å²) in [5.74, 6) is -0.294. The van der Waals surface area contributed by atoms with Gasteiger partial charge in [0.25, 0.3) is 0 Å². The molecule has 0 radical (unpaired) electrons. The quantitative estimate of drug-likeness (QED) is 0.700. The standard InChI is InChI=1S/C16H24ClN3O2/c1-11-4-2-3-7-20(11)15-6-5-12(16(18)22)8-14(15)19-10-13(21)9-17/h5-6,8,11,13,19,21H,2-4,7,9-10H2,1H3,(H2,18,22). The van der Waals surface area contributed by atoms with Crippen LogP contribution in [-0.4, -0.2) is 42.1 Å². The normalized spacial score (nSPS) is 19.8. The fourth-order valence-electron chi connectivity index (χ4n) is 2.82. The van der Waals surface area contributed by atoms with Crippen molar-refractivity contribution < 1.29 is 9.90 Å². The van der Waals surface area contributed by atoms with Gasteiger partial charge in [-0.15, -0.1) is 11.6 Å². The van der Waals surface area contributed by atoms with E-state index in [2.05, 4.69) is 17.1 Å². The molecule has 1 saturated heterocycles. The number of benzene rings is 1. The van der Waals surface area contributed by atoms with Crippen molar-refractivity contribution in [1.29, 1.82) is 0 Å². The third-order valence-electron chi connectivity index (χ3n) is 4.10. The molecule has 0 aliphatic carbocycles. The summed E-state index contributed by atoms with van der Waals surface area (Å²) >= 11 is 5.64. The van der Waals surface area contributed by atoms with Crippen LogP contribution in [0.1, 0.15) is 36.5 Å². The fraction of sp³-hybridized carbons (Fsp3) is 0.562. The predicted molar refractivity (Wildman–Crippen MR) is 90.8 cm³/mol. The van der Waals surface area contributed by atoms with Crippen molar-refractivity contribution in [3.05, 3.63) is 23.8 Å². The van der Waals surface area contributed by atoms with E-state index in [1.165, 1.54) is 6.42 Å². The van der Waals surface area contributed by atoms with E-state index in [4.69, 9.17) is 17.3 Å². The predicted octanol–water partition coefficient (Wildman–Crippen LogP) is 2.18. The summed E-state index contributed by atoms with van der Waals surface area (Å²) in [5, 5.41) is 12.8. The number of carbonyl (C=O) groups is 1. The second-order valence-corrected chi connectivity index (χ2v) is 6.13. The van der Waals surface area contributed by atoms with E-state index in [9.17, 15) is 9.90 Å². The van der Waals surface area contributed by atoms with Gasteiger partial charge in [0, 0.05) is 24.7 Å².